The number of carbonyl (C=O) groups is 1. The molecule has 0 bridgehead atoms. The van der Waals surface area contributed by atoms with Crippen molar-refractivity contribution in [2.45, 2.75) is 6.61 Å². The summed E-state index contributed by atoms with van der Waals surface area (Å²) in [4.78, 5) is 16.1. The van der Waals surface area contributed by atoms with Crippen LogP contribution in [0.25, 0.3) is 5.69 Å². The van der Waals surface area contributed by atoms with Gasteiger partial charge in [0.15, 0.2) is 0 Å². The zero-order valence-electron chi connectivity index (χ0n) is 12.6. The van der Waals surface area contributed by atoms with Crippen molar-refractivity contribution in [2.24, 2.45) is 0 Å². The molecule has 0 radical (unpaired) electrons. The Morgan fingerprint density at radius 1 is 1.12 bits per heavy atom. The fourth-order valence-corrected chi connectivity index (χ4v) is 2.26. The van der Waals surface area contributed by atoms with E-state index in [4.69, 9.17) is 0 Å². The third kappa shape index (κ3) is 4.38. The molecule has 0 unspecified atom stereocenters. The highest BCUT2D eigenvalue weighted by Gasteiger charge is 2.13. The third-order valence-electron chi connectivity index (χ3n) is 3.12. The molecule has 1 amide bonds. The quantitative estimate of drug-likeness (QED) is 0.695. The van der Waals surface area contributed by atoms with Crippen LogP contribution < -0.4 is 10.1 Å². The highest BCUT2D eigenvalue weighted by Crippen LogP contribution is 2.17. The van der Waals surface area contributed by atoms with E-state index in [0.29, 0.717) is 11.4 Å². The number of carbonyl (C=O) groups excluding carboxylic acids is 1. The first kappa shape index (κ1) is 17.0. The van der Waals surface area contributed by atoms with E-state index in [-0.39, 0.29) is 11.6 Å². The number of aromatic nitrogens is 3. The Balaban J connectivity index is 1.71. The fraction of sp³-hybridized carbons (Fsp3) is 0.0625. The number of hydrogen-bond donors (Lipinski definition) is 1. The Morgan fingerprint density at radius 3 is 2.44 bits per heavy atom. The zero-order valence-corrected chi connectivity index (χ0v) is 14.2. The van der Waals surface area contributed by atoms with E-state index in [0.717, 1.165) is 4.47 Å². The van der Waals surface area contributed by atoms with Crippen LogP contribution in [0, 0.1) is 0 Å². The number of anilines is 1. The first-order chi connectivity index (χ1) is 12.0. The lowest BCUT2D eigenvalue weighted by molar-refractivity contribution is -0.0498. The van der Waals surface area contributed by atoms with E-state index in [2.05, 4.69) is 36.1 Å². The molecular formula is C16H11BrF2N4O2. The summed E-state index contributed by atoms with van der Waals surface area (Å²) in [5, 5.41) is 6.76. The summed E-state index contributed by atoms with van der Waals surface area (Å²) in [6.45, 7) is -2.88. The monoisotopic (exact) mass is 408 g/mol. The number of halogens is 3. The maximum atomic E-state index is 12.2. The van der Waals surface area contributed by atoms with Crippen LogP contribution in [0.1, 0.15) is 10.6 Å². The fourth-order valence-electron chi connectivity index (χ4n) is 1.99. The number of rotatable bonds is 5. The van der Waals surface area contributed by atoms with Gasteiger partial charge in [-0.15, -0.1) is 5.10 Å². The van der Waals surface area contributed by atoms with Crippen molar-refractivity contribution in [3.05, 3.63) is 65.2 Å². The van der Waals surface area contributed by atoms with Gasteiger partial charge in [-0.05, 0) is 48.5 Å². The van der Waals surface area contributed by atoms with Gasteiger partial charge in [0.25, 0.3) is 5.91 Å². The molecule has 128 valence electrons. The van der Waals surface area contributed by atoms with Crippen molar-refractivity contribution in [1.82, 2.24) is 14.8 Å². The van der Waals surface area contributed by atoms with Crippen LogP contribution >= 0.6 is 15.9 Å². The molecular weight excluding hydrogens is 398 g/mol. The smallest absolute Gasteiger partial charge is 0.387 e. The third-order valence-corrected chi connectivity index (χ3v) is 3.65. The largest absolute Gasteiger partial charge is 0.435 e. The highest BCUT2D eigenvalue weighted by molar-refractivity contribution is 9.10. The van der Waals surface area contributed by atoms with Crippen molar-refractivity contribution in [3.8, 4) is 11.4 Å². The average Bonchev–Trinajstić information content (AvgIpc) is 3.07. The molecule has 0 aliphatic rings. The highest BCUT2D eigenvalue weighted by atomic mass is 79.9. The van der Waals surface area contributed by atoms with E-state index < -0.39 is 12.5 Å². The molecule has 2 aromatic carbocycles. The number of benzene rings is 2. The predicted octanol–water partition coefficient (Wildman–Crippen LogP) is 3.88. The normalized spacial score (nSPS) is 10.7. The first-order valence-corrected chi connectivity index (χ1v) is 7.84. The number of nitrogens with one attached hydrogen (secondary N) is 1. The molecule has 0 atom stereocenters. The first-order valence-electron chi connectivity index (χ1n) is 7.05. The molecule has 1 heterocycles. The van der Waals surface area contributed by atoms with Crippen molar-refractivity contribution in [1.29, 1.82) is 0 Å². The van der Waals surface area contributed by atoms with Crippen molar-refractivity contribution in [2.75, 3.05) is 5.32 Å². The van der Waals surface area contributed by atoms with Gasteiger partial charge in [-0.2, -0.15) is 8.78 Å². The Hall–Kier alpha value is -2.81. The minimum absolute atomic E-state index is 0.0178. The molecule has 1 aromatic heterocycles. The minimum Gasteiger partial charge on any atom is -0.435 e. The molecule has 0 aliphatic heterocycles. The number of hydrogen-bond acceptors (Lipinski definition) is 4. The van der Waals surface area contributed by atoms with Gasteiger partial charge in [-0.25, -0.2) is 9.67 Å². The Labute approximate surface area is 149 Å². The lowest BCUT2D eigenvalue weighted by Crippen LogP contribution is -2.14. The second-order valence-corrected chi connectivity index (χ2v) is 5.76. The Bertz CT molecular complexity index is 867. The lowest BCUT2D eigenvalue weighted by Gasteiger charge is -2.05. The molecule has 0 spiro atoms. The van der Waals surface area contributed by atoms with E-state index >= 15 is 0 Å². The minimum atomic E-state index is -2.88. The van der Waals surface area contributed by atoms with Gasteiger partial charge < -0.3 is 10.1 Å². The Morgan fingerprint density at radius 2 is 1.80 bits per heavy atom. The molecule has 3 rings (SSSR count). The summed E-state index contributed by atoms with van der Waals surface area (Å²) in [6.07, 6.45) is 1.36. The van der Waals surface area contributed by atoms with Crippen molar-refractivity contribution < 1.29 is 18.3 Å². The maximum absolute atomic E-state index is 12.2. The average molecular weight is 409 g/mol. The van der Waals surface area contributed by atoms with Crippen LogP contribution in [-0.4, -0.2) is 27.3 Å². The van der Waals surface area contributed by atoms with Crippen molar-refractivity contribution >= 4 is 27.5 Å². The van der Waals surface area contributed by atoms with E-state index in [1.54, 1.807) is 24.3 Å². The predicted molar refractivity (Wildman–Crippen MR) is 90.1 cm³/mol. The topological polar surface area (TPSA) is 69.0 Å². The molecule has 1 N–H and O–H groups in total. The van der Waals surface area contributed by atoms with Crippen LogP contribution in [0.3, 0.4) is 0 Å². The van der Waals surface area contributed by atoms with Gasteiger partial charge >= 0.3 is 6.61 Å². The lowest BCUT2D eigenvalue weighted by atomic mass is 10.3. The Kier molecular flexibility index (Phi) is 5.03. The number of amides is 1. The van der Waals surface area contributed by atoms with E-state index in [1.807, 2.05) is 0 Å². The summed E-state index contributed by atoms with van der Waals surface area (Å²) in [6, 6.07) is 12.9. The molecule has 0 fully saturated rings. The summed E-state index contributed by atoms with van der Waals surface area (Å²) in [5.74, 6) is -0.443. The van der Waals surface area contributed by atoms with Crippen LogP contribution in [0.4, 0.5) is 14.5 Å². The second kappa shape index (κ2) is 7.39. The molecule has 0 saturated heterocycles. The summed E-state index contributed by atoms with van der Waals surface area (Å²) in [7, 11) is 0. The number of alkyl halides is 2. The van der Waals surface area contributed by atoms with Crippen LogP contribution in [0.5, 0.6) is 5.75 Å². The number of nitrogens with zero attached hydrogens (tertiary/aromatic N) is 3. The molecule has 0 aliphatic carbocycles. The number of ether oxygens (including phenoxy) is 1. The van der Waals surface area contributed by atoms with Gasteiger partial charge in [0, 0.05) is 10.2 Å². The van der Waals surface area contributed by atoms with Gasteiger partial charge in [0.05, 0.1) is 5.69 Å². The molecule has 3 aromatic rings. The summed E-state index contributed by atoms with van der Waals surface area (Å²) < 4.78 is 30.8. The van der Waals surface area contributed by atoms with Crippen LogP contribution in [0.15, 0.2) is 59.3 Å². The van der Waals surface area contributed by atoms with Gasteiger partial charge in [0.2, 0.25) is 5.82 Å². The zero-order chi connectivity index (χ0) is 17.8. The standard InChI is InChI=1S/C16H11BrF2N4O2/c17-10-1-3-11(4-2-10)21-15(24)14-20-9-23(22-14)12-5-7-13(8-6-12)25-16(18)19/h1-9,16H,(H,21,24). The van der Waals surface area contributed by atoms with Gasteiger partial charge in [-0.3, -0.25) is 4.79 Å². The van der Waals surface area contributed by atoms with E-state index in [9.17, 15) is 13.6 Å². The summed E-state index contributed by atoms with van der Waals surface area (Å²) >= 11 is 3.31. The van der Waals surface area contributed by atoms with Crippen molar-refractivity contribution in [3.63, 3.8) is 0 Å². The molecule has 0 saturated carbocycles. The van der Waals surface area contributed by atoms with Crippen LogP contribution in [-0.2, 0) is 0 Å². The maximum Gasteiger partial charge on any atom is 0.387 e. The molecule has 9 heteroatoms. The van der Waals surface area contributed by atoms with Gasteiger partial charge in [0.1, 0.15) is 12.1 Å². The second-order valence-electron chi connectivity index (χ2n) is 4.85. The van der Waals surface area contributed by atoms with E-state index in [1.165, 1.54) is 35.3 Å². The summed E-state index contributed by atoms with van der Waals surface area (Å²) in [5.41, 5.74) is 1.16. The molecule has 6 nitrogen and oxygen atoms in total. The SMILES string of the molecule is O=C(Nc1ccc(Br)cc1)c1ncn(-c2ccc(OC(F)F)cc2)n1. The van der Waals surface area contributed by atoms with Gasteiger partial charge in [-0.1, -0.05) is 15.9 Å². The molecule has 25 heavy (non-hydrogen) atoms. The van der Waals surface area contributed by atoms with Crippen LogP contribution in [0.2, 0.25) is 0 Å².